The first kappa shape index (κ1) is 18.8. The van der Waals surface area contributed by atoms with Gasteiger partial charge in [-0.15, -0.1) is 10.2 Å². The van der Waals surface area contributed by atoms with Crippen molar-refractivity contribution in [2.45, 2.75) is 31.5 Å². The highest BCUT2D eigenvalue weighted by Gasteiger charge is 2.24. The minimum Gasteiger partial charge on any atom is -0.462 e. The molecule has 0 aliphatic heterocycles. The summed E-state index contributed by atoms with van der Waals surface area (Å²) < 4.78 is 6.55. The number of hydrogen-bond acceptors (Lipinski definition) is 7. The molecule has 9 heteroatoms. The van der Waals surface area contributed by atoms with E-state index in [1.807, 2.05) is 13.2 Å². The lowest BCUT2D eigenvalue weighted by Gasteiger charge is -2.18. The zero-order chi connectivity index (χ0) is 18.4. The Morgan fingerprint density at radius 1 is 1.28 bits per heavy atom. The number of nitrogen functional groups attached to an aromatic ring is 1. The van der Waals surface area contributed by atoms with Crippen LogP contribution in [0.25, 0.3) is 0 Å². The Hall–Kier alpha value is -2.55. The van der Waals surface area contributed by atoms with Crippen molar-refractivity contribution in [2.24, 2.45) is 0 Å². The van der Waals surface area contributed by atoms with Crippen molar-refractivity contribution in [1.29, 1.82) is 0 Å². The van der Waals surface area contributed by atoms with Crippen molar-refractivity contribution in [1.82, 2.24) is 14.8 Å². The Morgan fingerprint density at radius 3 is 2.52 bits per heavy atom. The average molecular weight is 363 g/mol. The Labute approximate surface area is 150 Å². The van der Waals surface area contributed by atoms with Gasteiger partial charge in [0.25, 0.3) is 0 Å². The van der Waals surface area contributed by atoms with E-state index in [-0.39, 0.29) is 11.9 Å². The minimum atomic E-state index is -0.526. The van der Waals surface area contributed by atoms with Gasteiger partial charge in [-0.25, -0.2) is 4.79 Å². The van der Waals surface area contributed by atoms with Crippen LogP contribution in [0.5, 0.6) is 0 Å². The second-order valence-electron chi connectivity index (χ2n) is 5.13. The fourth-order valence-electron chi connectivity index (χ4n) is 2.34. The quantitative estimate of drug-likeness (QED) is 0.573. The topological polar surface area (TPSA) is 112 Å². The van der Waals surface area contributed by atoms with Crippen molar-refractivity contribution < 1.29 is 14.3 Å². The molecule has 0 radical (unpaired) electrons. The third kappa shape index (κ3) is 4.30. The Kier molecular flexibility index (Phi) is 6.40. The largest absolute Gasteiger partial charge is 0.462 e. The predicted molar refractivity (Wildman–Crippen MR) is 96.6 cm³/mol. The number of nitrogens with zero attached hydrogens (tertiary/aromatic N) is 3. The van der Waals surface area contributed by atoms with Crippen molar-refractivity contribution in [3.05, 3.63) is 29.8 Å². The number of benzene rings is 1. The Balaban J connectivity index is 2.14. The summed E-state index contributed by atoms with van der Waals surface area (Å²) in [6.07, 6.45) is 2.38. The maximum Gasteiger partial charge on any atom is 0.338 e. The van der Waals surface area contributed by atoms with E-state index < -0.39 is 12.0 Å². The van der Waals surface area contributed by atoms with Gasteiger partial charge in [-0.05, 0) is 43.9 Å². The second-order valence-corrected chi connectivity index (χ2v) is 5.90. The van der Waals surface area contributed by atoms with E-state index in [2.05, 4.69) is 15.5 Å². The van der Waals surface area contributed by atoms with E-state index in [1.165, 1.54) is 11.8 Å². The maximum absolute atomic E-state index is 12.6. The molecule has 1 unspecified atom stereocenters. The van der Waals surface area contributed by atoms with Crippen LogP contribution in [0.15, 0.2) is 29.4 Å². The summed E-state index contributed by atoms with van der Waals surface area (Å²) in [5, 5.41) is 11.2. The molecule has 1 amide bonds. The first-order chi connectivity index (χ1) is 12.0. The van der Waals surface area contributed by atoms with Crippen LogP contribution in [0.4, 0.5) is 11.6 Å². The molecule has 1 aromatic carbocycles. The number of esters is 1. The van der Waals surface area contributed by atoms with Crippen LogP contribution in [-0.2, 0) is 9.53 Å². The summed E-state index contributed by atoms with van der Waals surface area (Å²) in [5.74, 6) is -0.425. The van der Waals surface area contributed by atoms with Gasteiger partial charge in [-0.3, -0.25) is 9.36 Å². The number of thioether (sulfide) groups is 1. The number of carbonyl (C=O) groups excluding carboxylic acids is 2. The van der Waals surface area contributed by atoms with Gasteiger partial charge in [-0.1, -0.05) is 18.7 Å². The molecular formula is C16H21N5O3S. The molecule has 0 saturated carbocycles. The van der Waals surface area contributed by atoms with Crippen molar-refractivity contribution in [2.75, 3.05) is 23.9 Å². The molecule has 25 heavy (non-hydrogen) atoms. The lowest BCUT2D eigenvalue weighted by atomic mass is 10.1. The van der Waals surface area contributed by atoms with Gasteiger partial charge in [0, 0.05) is 5.69 Å². The molecule has 2 rings (SSSR count). The Morgan fingerprint density at radius 2 is 1.96 bits per heavy atom. The molecule has 8 nitrogen and oxygen atoms in total. The fourth-order valence-corrected chi connectivity index (χ4v) is 2.88. The lowest BCUT2D eigenvalue weighted by Crippen LogP contribution is -2.27. The third-order valence-corrected chi connectivity index (χ3v) is 4.18. The molecule has 0 spiro atoms. The van der Waals surface area contributed by atoms with Gasteiger partial charge in [0.2, 0.25) is 11.9 Å². The number of carbonyl (C=O) groups is 2. The van der Waals surface area contributed by atoms with Crippen LogP contribution in [0.1, 0.15) is 36.7 Å². The van der Waals surface area contributed by atoms with Crippen LogP contribution >= 0.6 is 11.8 Å². The highest BCUT2D eigenvalue weighted by Crippen LogP contribution is 2.24. The second kappa shape index (κ2) is 8.52. The smallest absolute Gasteiger partial charge is 0.338 e. The molecule has 134 valence electrons. The maximum atomic E-state index is 12.6. The monoisotopic (exact) mass is 363 g/mol. The van der Waals surface area contributed by atoms with Crippen molar-refractivity contribution >= 4 is 35.3 Å². The third-order valence-electron chi connectivity index (χ3n) is 3.54. The van der Waals surface area contributed by atoms with Crippen molar-refractivity contribution in [3.63, 3.8) is 0 Å². The van der Waals surface area contributed by atoms with Gasteiger partial charge >= 0.3 is 5.97 Å². The zero-order valence-electron chi connectivity index (χ0n) is 14.4. The number of rotatable bonds is 7. The van der Waals surface area contributed by atoms with Crippen LogP contribution in [0.3, 0.4) is 0 Å². The molecule has 1 aromatic heterocycles. The SMILES string of the molecule is CCOC(=O)c1ccc(NC(=O)C(CC)n2c(N)nnc2SC)cc1. The van der Waals surface area contributed by atoms with Crippen LogP contribution < -0.4 is 11.1 Å². The summed E-state index contributed by atoms with van der Waals surface area (Å²) >= 11 is 1.37. The fraction of sp³-hybridized carbons (Fsp3) is 0.375. The lowest BCUT2D eigenvalue weighted by molar-refractivity contribution is -0.119. The van der Waals surface area contributed by atoms with Crippen molar-refractivity contribution in [3.8, 4) is 0 Å². The van der Waals surface area contributed by atoms with E-state index in [0.29, 0.717) is 29.4 Å². The van der Waals surface area contributed by atoms with E-state index in [4.69, 9.17) is 10.5 Å². The average Bonchev–Trinajstić information content (AvgIpc) is 2.97. The van der Waals surface area contributed by atoms with E-state index in [9.17, 15) is 9.59 Å². The molecule has 0 bridgehead atoms. The van der Waals surface area contributed by atoms with Gasteiger partial charge in [0.15, 0.2) is 5.16 Å². The van der Waals surface area contributed by atoms with Crippen LogP contribution in [0.2, 0.25) is 0 Å². The first-order valence-corrected chi connectivity index (χ1v) is 9.06. The van der Waals surface area contributed by atoms with E-state index >= 15 is 0 Å². The molecule has 3 N–H and O–H groups in total. The molecule has 0 aliphatic carbocycles. The highest BCUT2D eigenvalue weighted by atomic mass is 32.2. The summed E-state index contributed by atoms with van der Waals surface area (Å²) in [4.78, 5) is 24.3. The zero-order valence-corrected chi connectivity index (χ0v) is 15.2. The number of nitrogens with two attached hydrogens (primary N) is 1. The molecule has 2 aromatic rings. The minimum absolute atomic E-state index is 0.198. The number of amides is 1. The van der Waals surface area contributed by atoms with Crippen LogP contribution in [0, 0.1) is 0 Å². The van der Waals surface area contributed by atoms with Crippen LogP contribution in [-0.4, -0.2) is 39.5 Å². The van der Waals surface area contributed by atoms with E-state index in [0.717, 1.165) is 0 Å². The molecular weight excluding hydrogens is 342 g/mol. The van der Waals surface area contributed by atoms with Gasteiger partial charge in [0.05, 0.1) is 12.2 Å². The molecule has 0 fully saturated rings. The number of ether oxygens (including phenoxy) is 1. The number of nitrogens with one attached hydrogen (secondary N) is 1. The molecule has 0 saturated heterocycles. The summed E-state index contributed by atoms with van der Waals surface area (Å²) in [5.41, 5.74) is 6.86. The summed E-state index contributed by atoms with van der Waals surface area (Å²) in [6.45, 7) is 3.95. The predicted octanol–water partition coefficient (Wildman–Crippen LogP) is 2.35. The van der Waals surface area contributed by atoms with Gasteiger partial charge < -0.3 is 15.8 Å². The first-order valence-electron chi connectivity index (χ1n) is 7.84. The van der Waals surface area contributed by atoms with E-state index in [1.54, 1.807) is 35.8 Å². The summed E-state index contributed by atoms with van der Waals surface area (Å²) in [6, 6.07) is 6.00. The standard InChI is InChI=1S/C16H21N5O3S/c1-4-12(21-15(17)19-20-16(21)25-3)13(22)18-11-8-6-10(7-9-11)14(23)24-5-2/h6-9,12H,4-5H2,1-3H3,(H2,17,19)(H,18,22). The number of aromatic nitrogens is 3. The number of anilines is 2. The van der Waals surface area contributed by atoms with Gasteiger partial charge in [-0.2, -0.15) is 0 Å². The summed E-state index contributed by atoms with van der Waals surface area (Å²) in [7, 11) is 0. The normalized spacial score (nSPS) is 11.8. The number of hydrogen-bond donors (Lipinski definition) is 2. The molecule has 1 atom stereocenters. The molecule has 1 heterocycles. The van der Waals surface area contributed by atoms with Gasteiger partial charge in [0.1, 0.15) is 6.04 Å². The molecule has 0 aliphatic rings. The Bertz CT molecular complexity index is 745. The highest BCUT2D eigenvalue weighted by molar-refractivity contribution is 7.98.